The number of piperazine rings is 1. The van der Waals surface area contributed by atoms with E-state index in [0.717, 1.165) is 36.8 Å². The van der Waals surface area contributed by atoms with E-state index in [9.17, 15) is 13.2 Å². The molecule has 2 atom stereocenters. The largest absolute Gasteiger partial charge is 0.352 e. The van der Waals surface area contributed by atoms with E-state index in [-0.39, 0.29) is 23.9 Å². The summed E-state index contributed by atoms with van der Waals surface area (Å²) < 4.78 is 24.8. The van der Waals surface area contributed by atoms with Gasteiger partial charge in [0.2, 0.25) is 15.9 Å². The number of carbonyl (C=O) groups is 1. The molecule has 0 spiro atoms. The van der Waals surface area contributed by atoms with E-state index in [2.05, 4.69) is 19.8 Å². The van der Waals surface area contributed by atoms with Crippen molar-refractivity contribution in [1.29, 1.82) is 0 Å². The van der Waals surface area contributed by atoms with Gasteiger partial charge in [0.1, 0.15) is 11.6 Å². The molecular formula is C18H27N5O3S. The first kappa shape index (κ1) is 18.6. The first-order chi connectivity index (χ1) is 12.7. The van der Waals surface area contributed by atoms with Gasteiger partial charge in [-0.3, -0.25) is 4.79 Å². The summed E-state index contributed by atoms with van der Waals surface area (Å²) in [6.07, 6.45) is 3.53. The van der Waals surface area contributed by atoms with E-state index in [1.165, 1.54) is 10.6 Å². The van der Waals surface area contributed by atoms with Crippen LogP contribution in [0.4, 0.5) is 5.82 Å². The molecule has 0 saturated carbocycles. The molecule has 5 heterocycles. The molecule has 1 amide bonds. The summed E-state index contributed by atoms with van der Waals surface area (Å²) in [5, 5.41) is 0. The van der Waals surface area contributed by atoms with Crippen LogP contribution in [-0.4, -0.2) is 78.0 Å². The zero-order chi connectivity index (χ0) is 19.3. The first-order valence-corrected chi connectivity index (χ1v) is 11.4. The Kier molecular flexibility index (Phi) is 4.62. The third-order valence-electron chi connectivity index (χ3n) is 6.00. The minimum Gasteiger partial charge on any atom is -0.352 e. The number of aryl methyl sites for hydroxylation is 2. The Bertz CT molecular complexity index is 818. The van der Waals surface area contributed by atoms with Crippen molar-refractivity contribution in [2.24, 2.45) is 5.92 Å². The van der Waals surface area contributed by atoms with Gasteiger partial charge < -0.3 is 9.80 Å². The van der Waals surface area contributed by atoms with Crippen LogP contribution in [-0.2, 0) is 14.8 Å². The lowest BCUT2D eigenvalue weighted by atomic mass is 9.84. The summed E-state index contributed by atoms with van der Waals surface area (Å²) in [5.74, 6) is 1.88. The Balaban J connectivity index is 1.38. The Hall–Kier alpha value is -1.74. The molecule has 8 nitrogen and oxygen atoms in total. The van der Waals surface area contributed by atoms with E-state index in [1.807, 2.05) is 19.9 Å². The van der Waals surface area contributed by atoms with Crippen molar-refractivity contribution in [3.05, 3.63) is 17.6 Å². The third kappa shape index (κ3) is 3.54. The van der Waals surface area contributed by atoms with Gasteiger partial charge in [0.05, 0.1) is 18.3 Å². The lowest BCUT2D eigenvalue weighted by molar-refractivity contribution is -0.152. The highest BCUT2D eigenvalue weighted by Gasteiger charge is 2.49. The number of hydrogen-bond acceptors (Lipinski definition) is 6. The van der Waals surface area contributed by atoms with Crippen LogP contribution < -0.4 is 4.90 Å². The molecule has 148 valence electrons. The number of sulfonamides is 1. The van der Waals surface area contributed by atoms with E-state index in [1.54, 1.807) is 0 Å². The van der Waals surface area contributed by atoms with Crippen molar-refractivity contribution in [2.75, 3.05) is 37.3 Å². The minimum absolute atomic E-state index is 0.0524. The van der Waals surface area contributed by atoms with Gasteiger partial charge in [-0.25, -0.2) is 22.7 Å². The number of carbonyl (C=O) groups excluding carboxylic acids is 1. The van der Waals surface area contributed by atoms with Crippen LogP contribution >= 0.6 is 0 Å². The maximum absolute atomic E-state index is 13.0. The van der Waals surface area contributed by atoms with Gasteiger partial charge in [0.25, 0.3) is 0 Å². The predicted molar refractivity (Wildman–Crippen MR) is 102 cm³/mol. The average Bonchev–Trinajstić information content (AvgIpc) is 2.60. The Labute approximate surface area is 160 Å². The number of anilines is 1. The molecule has 0 N–H and O–H groups in total. The number of hydrogen-bond donors (Lipinski definition) is 0. The molecule has 4 aliphatic heterocycles. The number of aromatic nitrogens is 2. The standard InChI is InChI=1S/C18H27N5O3S/c1-12-8-17(20-13(2)19-12)21-10-15-9-16(11-21)23(15)18(24)14-4-6-22(7-5-14)27(3,25)26/h8,14-16H,4-7,9-11H2,1-3H3. The highest BCUT2D eigenvalue weighted by atomic mass is 32.2. The van der Waals surface area contributed by atoms with E-state index in [4.69, 9.17) is 0 Å². The lowest BCUT2D eigenvalue weighted by Crippen LogP contribution is -2.71. The van der Waals surface area contributed by atoms with Crippen molar-refractivity contribution >= 4 is 21.7 Å². The summed E-state index contributed by atoms with van der Waals surface area (Å²) in [6, 6.07) is 2.48. The van der Waals surface area contributed by atoms with Gasteiger partial charge in [0.15, 0.2) is 0 Å². The molecule has 0 aliphatic carbocycles. The van der Waals surface area contributed by atoms with Crippen molar-refractivity contribution in [2.45, 2.75) is 45.2 Å². The van der Waals surface area contributed by atoms with Gasteiger partial charge in [0, 0.05) is 43.9 Å². The van der Waals surface area contributed by atoms with Crippen LogP contribution in [0.2, 0.25) is 0 Å². The fraction of sp³-hybridized carbons (Fsp3) is 0.722. The summed E-state index contributed by atoms with van der Waals surface area (Å²) in [5.41, 5.74) is 0.960. The van der Waals surface area contributed by atoms with E-state index in [0.29, 0.717) is 25.9 Å². The molecular weight excluding hydrogens is 366 g/mol. The van der Waals surface area contributed by atoms with E-state index < -0.39 is 10.0 Å². The van der Waals surface area contributed by atoms with Gasteiger partial charge in [-0.2, -0.15) is 0 Å². The fourth-order valence-electron chi connectivity index (χ4n) is 4.66. The quantitative estimate of drug-likeness (QED) is 0.746. The van der Waals surface area contributed by atoms with Crippen molar-refractivity contribution in [3.63, 3.8) is 0 Å². The van der Waals surface area contributed by atoms with Crippen LogP contribution in [0.5, 0.6) is 0 Å². The van der Waals surface area contributed by atoms with Gasteiger partial charge in [-0.15, -0.1) is 0 Å². The molecule has 9 heteroatoms. The van der Waals surface area contributed by atoms with Crippen molar-refractivity contribution < 1.29 is 13.2 Å². The first-order valence-electron chi connectivity index (χ1n) is 9.57. The smallest absolute Gasteiger partial charge is 0.226 e. The molecule has 27 heavy (non-hydrogen) atoms. The molecule has 5 rings (SSSR count). The van der Waals surface area contributed by atoms with Gasteiger partial charge >= 0.3 is 0 Å². The van der Waals surface area contributed by atoms with Crippen molar-refractivity contribution in [1.82, 2.24) is 19.2 Å². The Morgan fingerprint density at radius 3 is 2.30 bits per heavy atom. The average molecular weight is 394 g/mol. The van der Waals surface area contributed by atoms with Crippen LogP contribution in [0.3, 0.4) is 0 Å². The van der Waals surface area contributed by atoms with Gasteiger partial charge in [-0.05, 0) is 33.1 Å². The fourth-order valence-corrected chi connectivity index (χ4v) is 5.54. The Morgan fingerprint density at radius 2 is 1.74 bits per heavy atom. The maximum Gasteiger partial charge on any atom is 0.226 e. The summed E-state index contributed by atoms with van der Waals surface area (Å²) in [7, 11) is -3.16. The molecule has 4 aliphatic rings. The highest BCUT2D eigenvalue weighted by molar-refractivity contribution is 7.88. The second kappa shape index (κ2) is 6.70. The number of nitrogens with zero attached hydrogens (tertiary/aromatic N) is 5. The number of amides is 1. The zero-order valence-electron chi connectivity index (χ0n) is 16.1. The molecule has 1 aromatic heterocycles. The molecule has 0 aromatic carbocycles. The monoisotopic (exact) mass is 393 g/mol. The van der Waals surface area contributed by atoms with Gasteiger partial charge in [-0.1, -0.05) is 0 Å². The molecule has 0 radical (unpaired) electrons. The maximum atomic E-state index is 13.0. The van der Waals surface area contributed by atoms with Crippen LogP contribution in [0.25, 0.3) is 0 Å². The molecule has 4 fully saturated rings. The number of piperidine rings is 2. The summed E-state index contributed by atoms with van der Waals surface area (Å²) >= 11 is 0. The zero-order valence-corrected chi connectivity index (χ0v) is 16.9. The molecule has 4 saturated heterocycles. The SMILES string of the molecule is Cc1cc(N2CC3CC(C2)N3C(=O)C2CCN(S(C)(=O)=O)CC2)nc(C)n1. The normalized spacial score (nSPS) is 26.8. The highest BCUT2D eigenvalue weighted by Crippen LogP contribution is 2.37. The summed E-state index contributed by atoms with van der Waals surface area (Å²) in [6.45, 7) is 6.39. The number of fused-ring (bicyclic) bond motifs is 2. The second-order valence-corrected chi connectivity index (χ2v) is 10.0. The molecule has 2 bridgehead atoms. The predicted octanol–water partition coefficient (Wildman–Crippen LogP) is 0.555. The topological polar surface area (TPSA) is 86.7 Å². The Morgan fingerprint density at radius 1 is 1.11 bits per heavy atom. The molecule has 1 aromatic rings. The van der Waals surface area contributed by atoms with Crippen LogP contribution in [0.1, 0.15) is 30.8 Å². The number of rotatable bonds is 3. The third-order valence-corrected chi connectivity index (χ3v) is 7.30. The minimum atomic E-state index is -3.16. The van der Waals surface area contributed by atoms with E-state index >= 15 is 0 Å². The summed E-state index contributed by atoms with van der Waals surface area (Å²) in [4.78, 5) is 26.2. The second-order valence-electron chi connectivity index (χ2n) is 8.04. The van der Waals surface area contributed by atoms with Crippen LogP contribution in [0.15, 0.2) is 6.07 Å². The van der Waals surface area contributed by atoms with Crippen molar-refractivity contribution in [3.8, 4) is 0 Å². The molecule has 2 unspecified atom stereocenters. The van der Waals surface area contributed by atoms with Crippen LogP contribution in [0, 0.1) is 19.8 Å². The lowest BCUT2D eigenvalue weighted by Gasteiger charge is -2.57.